The van der Waals surface area contributed by atoms with Crippen LogP contribution in [0.4, 0.5) is 5.69 Å². The Labute approximate surface area is 147 Å². The number of halogens is 1. The number of aryl methyl sites for hydroxylation is 1. The minimum Gasteiger partial charge on any atom is -0.350 e. The second-order valence-electron chi connectivity index (χ2n) is 5.69. The van der Waals surface area contributed by atoms with Crippen molar-refractivity contribution < 1.29 is 9.59 Å². The van der Waals surface area contributed by atoms with Gasteiger partial charge in [-0.05, 0) is 42.7 Å². The van der Waals surface area contributed by atoms with Crippen molar-refractivity contribution in [1.82, 2.24) is 5.32 Å². The Bertz CT molecular complexity index is 759. The minimum absolute atomic E-state index is 0.0237. The third-order valence-electron chi connectivity index (χ3n) is 3.98. The van der Waals surface area contributed by atoms with Gasteiger partial charge in [-0.15, -0.1) is 0 Å². The lowest BCUT2D eigenvalue weighted by atomic mass is 10.1. The van der Waals surface area contributed by atoms with Crippen molar-refractivity contribution in [2.45, 2.75) is 27.3 Å². The van der Waals surface area contributed by atoms with E-state index in [0.717, 1.165) is 22.4 Å². The Kier molecular flexibility index (Phi) is 5.99. The van der Waals surface area contributed by atoms with Gasteiger partial charge in [-0.1, -0.05) is 41.9 Å². The highest BCUT2D eigenvalue weighted by atomic mass is 35.5. The summed E-state index contributed by atoms with van der Waals surface area (Å²) in [4.78, 5) is 25.8. The molecule has 0 atom stereocenters. The van der Waals surface area contributed by atoms with Crippen LogP contribution in [0.1, 0.15) is 23.6 Å². The molecule has 2 rings (SSSR count). The van der Waals surface area contributed by atoms with Gasteiger partial charge in [0.25, 0.3) is 0 Å². The van der Waals surface area contributed by atoms with E-state index < -0.39 is 0 Å². The first-order chi connectivity index (χ1) is 11.4. The fourth-order valence-electron chi connectivity index (χ4n) is 2.43. The van der Waals surface area contributed by atoms with E-state index in [4.69, 9.17) is 11.6 Å². The average molecular weight is 345 g/mol. The first-order valence-corrected chi connectivity index (χ1v) is 8.12. The second-order valence-corrected chi connectivity index (χ2v) is 6.10. The summed E-state index contributed by atoms with van der Waals surface area (Å²) in [6.07, 6.45) is 0. The second kappa shape index (κ2) is 7.97. The number of nitrogens with one attached hydrogen (secondary N) is 1. The van der Waals surface area contributed by atoms with Crippen LogP contribution in [0.25, 0.3) is 0 Å². The zero-order chi connectivity index (χ0) is 17.7. The maximum atomic E-state index is 12.3. The molecule has 2 amide bonds. The molecule has 4 nitrogen and oxygen atoms in total. The van der Waals surface area contributed by atoms with E-state index in [2.05, 4.69) is 5.32 Å². The monoisotopic (exact) mass is 344 g/mol. The number of hydrogen-bond donors (Lipinski definition) is 1. The summed E-state index contributed by atoms with van der Waals surface area (Å²) in [5.74, 6) is -0.400. The summed E-state index contributed by atoms with van der Waals surface area (Å²) in [6.45, 7) is 5.70. The topological polar surface area (TPSA) is 49.4 Å². The zero-order valence-electron chi connectivity index (χ0n) is 14.1. The molecule has 0 spiro atoms. The summed E-state index contributed by atoms with van der Waals surface area (Å²) < 4.78 is 0. The lowest BCUT2D eigenvalue weighted by molar-refractivity contribution is -0.123. The van der Waals surface area contributed by atoms with Crippen molar-refractivity contribution in [3.05, 3.63) is 64.2 Å². The molecule has 2 aromatic carbocycles. The maximum Gasteiger partial charge on any atom is 0.240 e. The molecule has 0 aromatic heterocycles. The molecule has 0 aliphatic heterocycles. The third-order valence-corrected chi connectivity index (χ3v) is 4.35. The first kappa shape index (κ1) is 18.0. The van der Waals surface area contributed by atoms with Crippen LogP contribution in [-0.2, 0) is 16.1 Å². The van der Waals surface area contributed by atoms with E-state index in [1.807, 2.05) is 50.2 Å². The van der Waals surface area contributed by atoms with E-state index >= 15 is 0 Å². The predicted octanol–water partition coefficient (Wildman–Crippen LogP) is 3.63. The first-order valence-electron chi connectivity index (χ1n) is 7.74. The summed E-state index contributed by atoms with van der Waals surface area (Å²) in [6, 6.07) is 13.1. The molecule has 2 aromatic rings. The smallest absolute Gasteiger partial charge is 0.240 e. The van der Waals surface area contributed by atoms with Gasteiger partial charge in [0.1, 0.15) is 6.54 Å². The normalized spacial score (nSPS) is 10.3. The van der Waals surface area contributed by atoms with Gasteiger partial charge in [0.05, 0.1) is 0 Å². The van der Waals surface area contributed by atoms with Crippen molar-refractivity contribution in [1.29, 1.82) is 0 Å². The highest BCUT2D eigenvalue weighted by Crippen LogP contribution is 2.22. The van der Waals surface area contributed by atoms with Crippen LogP contribution in [0.2, 0.25) is 5.02 Å². The van der Waals surface area contributed by atoms with Gasteiger partial charge in [0.2, 0.25) is 11.8 Å². The van der Waals surface area contributed by atoms with E-state index in [1.165, 1.54) is 11.8 Å². The Morgan fingerprint density at radius 1 is 1.08 bits per heavy atom. The lowest BCUT2D eigenvalue weighted by Crippen LogP contribution is -2.40. The van der Waals surface area contributed by atoms with Gasteiger partial charge >= 0.3 is 0 Å². The largest absolute Gasteiger partial charge is 0.350 e. The van der Waals surface area contributed by atoms with E-state index in [0.29, 0.717) is 11.6 Å². The van der Waals surface area contributed by atoms with Crippen LogP contribution >= 0.6 is 11.6 Å². The van der Waals surface area contributed by atoms with Crippen molar-refractivity contribution >= 4 is 29.1 Å². The van der Waals surface area contributed by atoms with E-state index in [9.17, 15) is 9.59 Å². The minimum atomic E-state index is -0.231. The van der Waals surface area contributed by atoms with Gasteiger partial charge in [0, 0.05) is 24.2 Å². The Morgan fingerprint density at radius 3 is 2.46 bits per heavy atom. The number of carbonyl (C=O) groups is 2. The molecule has 0 fully saturated rings. The van der Waals surface area contributed by atoms with E-state index in [1.54, 1.807) is 6.07 Å². The van der Waals surface area contributed by atoms with Crippen molar-refractivity contribution in [2.24, 2.45) is 0 Å². The van der Waals surface area contributed by atoms with Crippen molar-refractivity contribution in [2.75, 3.05) is 11.4 Å². The van der Waals surface area contributed by atoms with Gasteiger partial charge in [-0.25, -0.2) is 0 Å². The number of carbonyl (C=O) groups excluding carboxylic acids is 2. The SMILES string of the molecule is CC(=O)N(CC(=O)NCc1ccccc1Cl)c1cccc(C)c1C. The van der Waals surface area contributed by atoms with Crippen molar-refractivity contribution in [3.63, 3.8) is 0 Å². The van der Waals surface area contributed by atoms with Crippen LogP contribution in [-0.4, -0.2) is 18.4 Å². The predicted molar refractivity (Wildman–Crippen MR) is 97.2 cm³/mol. The highest BCUT2D eigenvalue weighted by molar-refractivity contribution is 6.31. The fourth-order valence-corrected chi connectivity index (χ4v) is 2.63. The molecule has 126 valence electrons. The number of anilines is 1. The van der Waals surface area contributed by atoms with Gasteiger partial charge in [-0.3, -0.25) is 9.59 Å². The third kappa shape index (κ3) is 4.36. The molecular formula is C19H21ClN2O2. The molecule has 0 saturated carbocycles. The summed E-state index contributed by atoms with van der Waals surface area (Å²) in [5.41, 5.74) is 3.67. The number of rotatable bonds is 5. The van der Waals surface area contributed by atoms with Gasteiger partial charge < -0.3 is 10.2 Å². The lowest BCUT2D eigenvalue weighted by Gasteiger charge is -2.23. The van der Waals surface area contributed by atoms with Crippen LogP contribution < -0.4 is 10.2 Å². The zero-order valence-corrected chi connectivity index (χ0v) is 14.9. The standard InChI is InChI=1S/C19H21ClN2O2/c1-13-7-6-10-18(14(13)2)22(15(3)23)12-19(24)21-11-16-8-4-5-9-17(16)20/h4-10H,11-12H2,1-3H3,(H,21,24). The maximum absolute atomic E-state index is 12.3. The average Bonchev–Trinajstić information content (AvgIpc) is 2.54. The number of nitrogens with zero attached hydrogens (tertiary/aromatic N) is 1. The van der Waals surface area contributed by atoms with Crippen LogP contribution in [0.5, 0.6) is 0 Å². The number of amides is 2. The molecular weight excluding hydrogens is 324 g/mol. The molecule has 0 heterocycles. The molecule has 0 radical (unpaired) electrons. The fraction of sp³-hybridized carbons (Fsp3) is 0.263. The molecule has 0 bridgehead atoms. The summed E-state index contributed by atoms with van der Waals surface area (Å²) in [5, 5.41) is 3.42. The molecule has 0 aliphatic rings. The molecule has 24 heavy (non-hydrogen) atoms. The van der Waals surface area contributed by atoms with Gasteiger partial charge in [-0.2, -0.15) is 0 Å². The number of hydrogen-bond acceptors (Lipinski definition) is 2. The Hall–Kier alpha value is -2.33. The van der Waals surface area contributed by atoms with Crippen LogP contribution in [0.3, 0.4) is 0 Å². The van der Waals surface area contributed by atoms with Crippen LogP contribution in [0, 0.1) is 13.8 Å². The molecule has 5 heteroatoms. The van der Waals surface area contributed by atoms with Crippen LogP contribution in [0.15, 0.2) is 42.5 Å². The summed E-state index contributed by atoms with van der Waals surface area (Å²) >= 11 is 6.08. The molecule has 0 unspecified atom stereocenters. The molecule has 1 N–H and O–H groups in total. The Balaban J connectivity index is 2.08. The quantitative estimate of drug-likeness (QED) is 0.900. The molecule has 0 aliphatic carbocycles. The molecule has 0 saturated heterocycles. The van der Waals surface area contributed by atoms with E-state index in [-0.39, 0.29) is 18.4 Å². The Morgan fingerprint density at radius 2 is 1.79 bits per heavy atom. The summed E-state index contributed by atoms with van der Waals surface area (Å²) in [7, 11) is 0. The van der Waals surface area contributed by atoms with Gasteiger partial charge in [0.15, 0.2) is 0 Å². The van der Waals surface area contributed by atoms with Crippen molar-refractivity contribution in [3.8, 4) is 0 Å². The highest BCUT2D eigenvalue weighted by Gasteiger charge is 2.18. The number of benzene rings is 2.